The van der Waals surface area contributed by atoms with Crippen LogP contribution in [0.4, 0.5) is 5.69 Å². The molecule has 3 aliphatic rings. The molecule has 10 nitrogen and oxygen atoms in total. The molecule has 0 spiro atoms. The molecule has 0 radical (unpaired) electrons. The molecule has 5 rings (SSSR count). The number of aromatic nitrogens is 1. The molecule has 3 aliphatic heterocycles. The molecule has 0 unspecified atom stereocenters. The number of aryl methyl sites for hydroxylation is 1. The van der Waals surface area contributed by atoms with Crippen LogP contribution in [0.1, 0.15) is 42.7 Å². The number of benzene rings is 1. The van der Waals surface area contributed by atoms with Gasteiger partial charge in [0.1, 0.15) is 0 Å². The predicted molar refractivity (Wildman–Crippen MR) is 169 cm³/mol. The van der Waals surface area contributed by atoms with Crippen LogP contribution in [0.5, 0.6) is 0 Å². The summed E-state index contributed by atoms with van der Waals surface area (Å²) < 4.78 is 0. The van der Waals surface area contributed by atoms with Crippen molar-refractivity contribution in [2.45, 2.75) is 33.1 Å². The number of hydrogen-bond donors (Lipinski definition) is 1. The number of pyridine rings is 1. The van der Waals surface area contributed by atoms with E-state index in [-0.39, 0.29) is 11.8 Å². The maximum Gasteiger partial charge on any atom is 0.274 e. The van der Waals surface area contributed by atoms with E-state index in [0.29, 0.717) is 44.3 Å². The lowest BCUT2D eigenvalue weighted by Gasteiger charge is -2.39. The molecular weight excluding hydrogens is 542 g/mol. The number of anilines is 1. The van der Waals surface area contributed by atoms with Gasteiger partial charge >= 0.3 is 0 Å². The fourth-order valence-corrected chi connectivity index (χ4v) is 6.42. The van der Waals surface area contributed by atoms with Crippen molar-refractivity contribution in [1.29, 1.82) is 0 Å². The summed E-state index contributed by atoms with van der Waals surface area (Å²) in [6.07, 6.45) is 5.67. The lowest BCUT2D eigenvalue weighted by Crippen LogP contribution is -2.54. The molecule has 3 saturated heterocycles. The molecule has 4 heterocycles. The molecule has 0 saturated carbocycles. The zero-order valence-corrected chi connectivity index (χ0v) is 25.8. The molecule has 10 heteroatoms. The number of piperazine rings is 2. The molecular formula is C33H47N7O3. The van der Waals surface area contributed by atoms with E-state index in [4.69, 9.17) is 0 Å². The molecule has 2 aromatic rings. The topological polar surface area (TPSA) is 92.3 Å². The summed E-state index contributed by atoms with van der Waals surface area (Å²) >= 11 is 0. The van der Waals surface area contributed by atoms with Gasteiger partial charge in [0.15, 0.2) is 5.69 Å². The normalized spacial score (nSPS) is 19.0. The Kier molecular flexibility index (Phi) is 10.6. The molecule has 1 aromatic carbocycles. The van der Waals surface area contributed by atoms with E-state index in [1.807, 2.05) is 22.9 Å². The first-order valence-electron chi connectivity index (χ1n) is 16.0. The average molecular weight is 590 g/mol. The summed E-state index contributed by atoms with van der Waals surface area (Å²) in [7, 11) is 0. The van der Waals surface area contributed by atoms with Gasteiger partial charge < -0.3 is 24.9 Å². The van der Waals surface area contributed by atoms with E-state index in [0.717, 1.165) is 94.8 Å². The Labute approximate surface area is 256 Å². The van der Waals surface area contributed by atoms with Crippen LogP contribution >= 0.6 is 0 Å². The van der Waals surface area contributed by atoms with E-state index < -0.39 is 0 Å². The van der Waals surface area contributed by atoms with Gasteiger partial charge in [0.2, 0.25) is 12.3 Å². The Morgan fingerprint density at radius 2 is 1.60 bits per heavy atom. The predicted octanol–water partition coefficient (Wildman–Crippen LogP) is 2.51. The summed E-state index contributed by atoms with van der Waals surface area (Å²) in [5.74, 6) is 0.748. The lowest BCUT2D eigenvalue weighted by molar-refractivity contribution is -0.136. The number of nitrogens with one attached hydrogen (secondary N) is 1. The van der Waals surface area contributed by atoms with Gasteiger partial charge in [-0.05, 0) is 49.3 Å². The Balaban J connectivity index is 1.08. The Morgan fingerprint density at radius 3 is 2.28 bits per heavy atom. The largest absolute Gasteiger partial charge is 0.383 e. The third kappa shape index (κ3) is 7.92. The second kappa shape index (κ2) is 14.8. The Bertz CT molecular complexity index is 1250. The van der Waals surface area contributed by atoms with E-state index >= 15 is 0 Å². The number of nitrogens with zero attached hydrogens (tertiary/aromatic N) is 6. The molecule has 1 aromatic heterocycles. The highest BCUT2D eigenvalue weighted by Gasteiger charge is 2.29. The fourth-order valence-electron chi connectivity index (χ4n) is 6.42. The van der Waals surface area contributed by atoms with Crippen molar-refractivity contribution in [2.75, 3.05) is 90.4 Å². The van der Waals surface area contributed by atoms with Crippen LogP contribution < -0.4 is 5.32 Å². The van der Waals surface area contributed by atoms with Crippen molar-refractivity contribution in [2.24, 2.45) is 5.92 Å². The standard InChI is InChI=1S/C33H47N7O3/c1-3-26-6-5-7-28(20-26)29-21-30(34-4-2)32(35-22-29)33(43)40-10-8-27(9-11-40)23-36-12-14-37(15-13-36)24-31(42)39-18-16-38(25-41)17-19-39/h5-7,20-22,25,27,34H,3-4,8-19,23-24H2,1-2H3. The number of carbonyl (C=O) groups is 3. The second-order valence-corrected chi connectivity index (χ2v) is 12.0. The molecule has 0 bridgehead atoms. The SMILES string of the molecule is CCNc1cc(-c2cccc(CC)c2)cnc1C(=O)N1CCC(CN2CCN(CC(=O)N3CCN(C=O)CC3)CC2)CC1. The van der Waals surface area contributed by atoms with Crippen LogP contribution in [0.25, 0.3) is 11.1 Å². The van der Waals surface area contributed by atoms with Crippen molar-refractivity contribution in [1.82, 2.24) is 29.5 Å². The number of piperidine rings is 1. The lowest BCUT2D eigenvalue weighted by atomic mass is 9.95. The van der Waals surface area contributed by atoms with Gasteiger partial charge in [0, 0.05) is 90.3 Å². The summed E-state index contributed by atoms with van der Waals surface area (Å²) in [5.41, 5.74) is 4.72. The maximum absolute atomic E-state index is 13.6. The monoisotopic (exact) mass is 589 g/mol. The highest BCUT2D eigenvalue weighted by molar-refractivity contribution is 5.98. The minimum absolute atomic E-state index is 0.00844. The van der Waals surface area contributed by atoms with Gasteiger partial charge in [-0.25, -0.2) is 4.98 Å². The van der Waals surface area contributed by atoms with Crippen molar-refractivity contribution in [3.63, 3.8) is 0 Å². The Morgan fingerprint density at radius 1 is 0.884 bits per heavy atom. The second-order valence-electron chi connectivity index (χ2n) is 12.0. The van der Waals surface area contributed by atoms with E-state index in [1.165, 1.54) is 5.56 Å². The highest BCUT2D eigenvalue weighted by atomic mass is 16.2. The number of likely N-dealkylation sites (tertiary alicyclic amines) is 1. The molecule has 3 fully saturated rings. The summed E-state index contributed by atoms with van der Waals surface area (Å²) in [5, 5.41) is 3.38. The van der Waals surface area contributed by atoms with Crippen LogP contribution in [0.3, 0.4) is 0 Å². The number of carbonyl (C=O) groups excluding carboxylic acids is 3. The zero-order valence-electron chi connectivity index (χ0n) is 25.8. The quantitative estimate of drug-likeness (QED) is 0.426. The summed E-state index contributed by atoms with van der Waals surface area (Å²) in [4.78, 5) is 52.3. The van der Waals surface area contributed by atoms with Crippen LogP contribution in [0.2, 0.25) is 0 Å². The smallest absolute Gasteiger partial charge is 0.274 e. The van der Waals surface area contributed by atoms with Gasteiger partial charge in [-0.15, -0.1) is 0 Å². The molecule has 3 amide bonds. The first-order valence-corrected chi connectivity index (χ1v) is 16.0. The van der Waals surface area contributed by atoms with Crippen molar-refractivity contribution < 1.29 is 14.4 Å². The van der Waals surface area contributed by atoms with Gasteiger partial charge in [-0.1, -0.05) is 31.2 Å². The van der Waals surface area contributed by atoms with Crippen LogP contribution in [-0.2, 0) is 16.0 Å². The molecule has 0 atom stereocenters. The van der Waals surface area contributed by atoms with Crippen molar-refractivity contribution in [3.05, 3.63) is 47.8 Å². The number of amides is 3. The summed E-state index contributed by atoms with van der Waals surface area (Å²) in [6, 6.07) is 10.6. The summed E-state index contributed by atoms with van der Waals surface area (Å²) in [6.45, 7) is 14.2. The van der Waals surface area contributed by atoms with Gasteiger partial charge in [-0.2, -0.15) is 0 Å². The molecule has 0 aliphatic carbocycles. The van der Waals surface area contributed by atoms with Crippen LogP contribution in [0, 0.1) is 5.92 Å². The number of hydrogen-bond acceptors (Lipinski definition) is 7. The van der Waals surface area contributed by atoms with Crippen LogP contribution in [0.15, 0.2) is 36.5 Å². The molecule has 232 valence electrons. The minimum Gasteiger partial charge on any atom is -0.383 e. The van der Waals surface area contributed by atoms with Crippen LogP contribution in [-0.4, -0.2) is 133 Å². The van der Waals surface area contributed by atoms with E-state index in [2.05, 4.69) is 57.4 Å². The van der Waals surface area contributed by atoms with Crippen molar-refractivity contribution in [3.8, 4) is 11.1 Å². The third-order valence-corrected chi connectivity index (χ3v) is 9.18. The molecule has 1 N–H and O–H groups in total. The minimum atomic E-state index is 0.00844. The van der Waals surface area contributed by atoms with Gasteiger partial charge in [0.05, 0.1) is 12.2 Å². The first-order chi connectivity index (χ1) is 21.0. The average Bonchev–Trinajstić information content (AvgIpc) is 3.06. The first kappa shape index (κ1) is 30.9. The number of rotatable bonds is 10. The molecule has 43 heavy (non-hydrogen) atoms. The fraction of sp³-hybridized carbons (Fsp3) is 0.576. The zero-order chi connectivity index (χ0) is 30.2. The van der Waals surface area contributed by atoms with Gasteiger partial charge in [0.25, 0.3) is 5.91 Å². The highest BCUT2D eigenvalue weighted by Crippen LogP contribution is 2.27. The maximum atomic E-state index is 13.6. The Hall–Kier alpha value is -3.50. The van der Waals surface area contributed by atoms with E-state index in [9.17, 15) is 14.4 Å². The van der Waals surface area contributed by atoms with E-state index in [1.54, 1.807) is 4.90 Å². The third-order valence-electron chi connectivity index (χ3n) is 9.18. The van der Waals surface area contributed by atoms with Gasteiger partial charge in [-0.3, -0.25) is 19.3 Å². The van der Waals surface area contributed by atoms with Crippen molar-refractivity contribution >= 4 is 23.9 Å².